The molecule has 2 atom stereocenters. The highest BCUT2D eigenvalue weighted by atomic mass is 16.5. The van der Waals surface area contributed by atoms with E-state index in [1.807, 2.05) is 7.05 Å². The summed E-state index contributed by atoms with van der Waals surface area (Å²) >= 11 is 0. The molecule has 0 heterocycles. The number of ether oxygens (including phenoxy) is 1. The Kier molecular flexibility index (Phi) is 6.29. The van der Waals surface area contributed by atoms with E-state index < -0.39 is 0 Å². The van der Waals surface area contributed by atoms with E-state index >= 15 is 0 Å². The van der Waals surface area contributed by atoms with Crippen LogP contribution in [0, 0.1) is 0 Å². The van der Waals surface area contributed by atoms with Crippen LogP contribution in [0.25, 0.3) is 0 Å². The summed E-state index contributed by atoms with van der Waals surface area (Å²) in [4.78, 5) is 0. The zero-order valence-electron chi connectivity index (χ0n) is 9.61. The van der Waals surface area contributed by atoms with Crippen molar-refractivity contribution in [3.63, 3.8) is 0 Å². The number of hydrogen-bond donors (Lipinski definition) is 2. The van der Waals surface area contributed by atoms with E-state index in [-0.39, 0.29) is 5.60 Å². The molecule has 0 aromatic heterocycles. The first-order chi connectivity index (χ1) is 6.08. The van der Waals surface area contributed by atoms with Crippen molar-refractivity contribution in [1.82, 2.24) is 10.6 Å². The monoisotopic (exact) mass is 188 g/mol. The van der Waals surface area contributed by atoms with Gasteiger partial charge in [0.25, 0.3) is 0 Å². The van der Waals surface area contributed by atoms with E-state index in [9.17, 15) is 0 Å². The van der Waals surface area contributed by atoms with Gasteiger partial charge in [-0.15, -0.1) is 0 Å². The maximum absolute atomic E-state index is 5.43. The maximum Gasteiger partial charge on any atom is 0.0772 e. The second-order valence-corrected chi connectivity index (χ2v) is 3.85. The van der Waals surface area contributed by atoms with Crippen LogP contribution in [0.4, 0.5) is 0 Å². The molecule has 80 valence electrons. The van der Waals surface area contributed by atoms with Gasteiger partial charge in [-0.1, -0.05) is 6.92 Å². The van der Waals surface area contributed by atoms with Gasteiger partial charge in [-0.25, -0.2) is 0 Å². The smallest absolute Gasteiger partial charge is 0.0772 e. The van der Waals surface area contributed by atoms with Crippen molar-refractivity contribution in [3.05, 3.63) is 0 Å². The number of likely N-dealkylation sites (N-methyl/N-ethyl adjacent to an activating group) is 1. The zero-order valence-corrected chi connectivity index (χ0v) is 9.61. The summed E-state index contributed by atoms with van der Waals surface area (Å²) in [6.45, 7) is 8.34. The molecule has 3 heteroatoms. The molecule has 0 aromatic carbocycles. The number of rotatable bonds is 7. The molecule has 0 spiro atoms. The van der Waals surface area contributed by atoms with E-state index in [0.29, 0.717) is 6.04 Å². The second-order valence-electron chi connectivity index (χ2n) is 3.85. The van der Waals surface area contributed by atoms with Crippen LogP contribution in [-0.4, -0.2) is 38.9 Å². The topological polar surface area (TPSA) is 33.3 Å². The predicted molar refractivity (Wildman–Crippen MR) is 57.1 cm³/mol. The van der Waals surface area contributed by atoms with E-state index in [1.165, 1.54) is 0 Å². The van der Waals surface area contributed by atoms with Gasteiger partial charge in [-0.2, -0.15) is 0 Å². The largest absolute Gasteiger partial charge is 0.377 e. The Morgan fingerprint density at radius 3 is 2.46 bits per heavy atom. The highest BCUT2D eigenvalue weighted by Crippen LogP contribution is 2.12. The van der Waals surface area contributed by atoms with Crippen molar-refractivity contribution in [2.24, 2.45) is 0 Å². The van der Waals surface area contributed by atoms with E-state index in [4.69, 9.17) is 4.74 Å². The van der Waals surface area contributed by atoms with Gasteiger partial charge in [-0.3, -0.25) is 0 Å². The van der Waals surface area contributed by atoms with Gasteiger partial charge in [0.1, 0.15) is 0 Å². The molecule has 0 saturated heterocycles. The molecule has 0 rings (SSSR count). The first kappa shape index (κ1) is 12.9. The third-order valence-electron chi connectivity index (χ3n) is 2.58. The average molecular weight is 188 g/mol. The molecular weight excluding hydrogens is 164 g/mol. The van der Waals surface area contributed by atoms with Gasteiger partial charge in [0, 0.05) is 26.2 Å². The molecule has 0 bridgehead atoms. The minimum Gasteiger partial charge on any atom is -0.377 e. The molecule has 2 N–H and O–H groups in total. The van der Waals surface area contributed by atoms with Crippen LogP contribution < -0.4 is 10.6 Å². The van der Waals surface area contributed by atoms with Crippen LogP contribution in [0.5, 0.6) is 0 Å². The van der Waals surface area contributed by atoms with Crippen LogP contribution in [0.15, 0.2) is 0 Å². The second kappa shape index (κ2) is 6.35. The first-order valence-electron chi connectivity index (χ1n) is 5.01. The summed E-state index contributed by atoms with van der Waals surface area (Å²) in [5, 5.41) is 6.57. The summed E-state index contributed by atoms with van der Waals surface area (Å²) in [5.74, 6) is 0. The van der Waals surface area contributed by atoms with Gasteiger partial charge in [0.2, 0.25) is 0 Å². The Morgan fingerprint density at radius 1 is 1.46 bits per heavy atom. The lowest BCUT2D eigenvalue weighted by atomic mass is 10.0. The van der Waals surface area contributed by atoms with Crippen LogP contribution in [0.3, 0.4) is 0 Å². The van der Waals surface area contributed by atoms with Crippen molar-refractivity contribution in [1.29, 1.82) is 0 Å². The Morgan fingerprint density at radius 2 is 2.08 bits per heavy atom. The summed E-state index contributed by atoms with van der Waals surface area (Å²) in [6.07, 6.45) is 1.03. The molecule has 2 unspecified atom stereocenters. The fourth-order valence-corrected chi connectivity index (χ4v) is 1.11. The lowest BCUT2D eigenvalue weighted by Crippen LogP contribution is -2.45. The predicted octanol–water partition coefficient (Wildman–Crippen LogP) is 0.999. The molecule has 0 aliphatic carbocycles. The van der Waals surface area contributed by atoms with Gasteiger partial charge < -0.3 is 15.4 Å². The SMILES string of the molecule is CCC(C)(CNC(C)CNC)OC. The lowest BCUT2D eigenvalue weighted by molar-refractivity contribution is 0.00207. The highest BCUT2D eigenvalue weighted by Gasteiger charge is 2.20. The zero-order chi connectivity index (χ0) is 10.3. The number of hydrogen-bond acceptors (Lipinski definition) is 3. The van der Waals surface area contributed by atoms with Crippen LogP contribution >= 0.6 is 0 Å². The Balaban J connectivity index is 3.71. The normalized spacial score (nSPS) is 18.2. The van der Waals surface area contributed by atoms with Crippen LogP contribution in [0.2, 0.25) is 0 Å². The first-order valence-corrected chi connectivity index (χ1v) is 5.01. The molecular formula is C10H24N2O. The summed E-state index contributed by atoms with van der Waals surface area (Å²) in [5.41, 5.74) is -0.0258. The van der Waals surface area contributed by atoms with Crippen LogP contribution in [0.1, 0.15) is 27.2 Å². The number of nitrogens with one attached hydrogen (secondary N) is 2. The minimum absolute atomic E-state index is 0.0258. The summed E-state index contributed by atoms with van der Waals surface area (Å²) in [6, 6.07) is 0.492. The van der Waals surface area contributed by atoms with Gasteiger partial charge >= 0.3 is 0 Å². The molecule has 0 amide bonds. The molecule has 0 aromatic rings. The summed E-state index contributed by atoms with van der Waals surface area (Å²) < 4.78 is 5.43. The fraction of sp³-hybridized carbons (Fsp3) is 1.00. The van der Waals surface area contributed by atoms with E-state index in [0.717, 1.165) is 19.5 Å². The van der Waals surface area contributed by atoms with Gasteiger partial charge in [0.15, 0.2) is 0 Å². The Hall–Kier alpha value is -0.120. The molecule has 0 saturated carbocycles. The molecule has 0 radical (unpaired) electrons. The van der Waals surface area contributed by atoms with Crippen molar-refractivity contribution >= 4 is 0 Å². The molecule has 0 aliphatic rings. The van der Waals surface area contributed by atoms with Crippen molar-refractivity contribution < 1.29 is 4.74 Å². The molecule has 3 nitrogen and oxygen atoms in total. The molecule has 0 fully saturated rings. The molecule has 13 heavy (non-hydrogen) atoms. The minimum atomic E-state index is -0.0258. The average Bonchev–Trinajstić information content (AvgIpc) is 2.15. The maximum atomic E-state index is 5.43. The van der Waals surface area contributed by atoms with Gasteiger partial charge in [0.05, 0.1) is 5.60 Å². The van der Waals surface area contributed by atoms with Crippen molar-refractivity contribution in [2.75, 3.05) is 27.2 Å². The third-order valence-corrected chi connectivity index (χ3v) is 2.58. The highest BCUT2D eigenvalue weighted by molar-refractivity contribution is 4.77. The fourth-order valence-electron chi connectivity index (χ4n) is 1.11. The standard InChI is InChI=1S/C10H24N2O/c1-6-10(3,13-5)8-12-9(2)7-11-4/h9,11-12H,6-8H2,1-5H3. The van der Waals surface area contributed by atoms with E-state index in [1.54, 1.807) is 7.11 Å². The molecule has 0 aliphatic heterocycles. The quantitative estimate of drug-likeness (QED) is 0.625. The Labute approximate surface area is 82.2 Å². The Bertz CT molecular complexity index is 124. The lowest BCUT2D eigenvalue weighted by Gasteiger charge is -2.28. The van der Waals surface area contributed by atoms with Crippen LogP contribution in [-0.2, 0) is 4.74 Å². The third kappa shape index (κ3) is 5.24. The number of methoxy groups -OCH3 is 1. The van der Waals surface area contributed by atoms with Gasteiger partial charge in [-0.05, 0) is 27.3 Å². The summed E-state index contributed by atoms with van der Waals surface area (Å²) in [7, 11) is 3.74. The van der Waals surface area contributed by atoms with Crippen molar-refractivity contribution in [2.45, 2.75) is 38.8 Å². The van der Waals surface area contributed by atoms with E-state index in [2.05, 4.69) is 31.4 Å². The van der Waals surface area contributed by atoms with Crippen molar-refractivity contribution in [3.8, 4) is 0 Å².